The van der Waals surface area contributed by atoms with Gasteiger partial charge < -0.3 is 20.5 Å². The molecule has 0 fully saturated rings. The first kappa shape index (κ1) is 19.8. The van der Waals surface area contributed by atoms with E-state index in [0.29, 0.717) is 18.9 Å². The normalized spacial score (nSPS) is 12.3. The predicted molar refractivity (Wildman–Crippen MR) is 104 cm³/mol. The van der Waals surface area contributed by atoms with Crippen molar-refractivity contribution in [1.82, 2.24) is 20.5 Å². The second-order valence-corrected chi connectivity index (χ2v) is 7.38. The van der Waals surface area contributed by atoms with Crippen LogP contribution >= 0.6 is 0 Å². The lowest BCUT2D eigenvalue weighted by Crippen LogP contribution is -2.49. The van der Waals surface area contributed by atoms with Crippen molar-refractivity contribution in [2.75, 3.05) is 27.2 Å². The summed E-state index contributed by atoms with van der Waals surface area (Å²) < 4.78 is 13.5. The van der Waals surface area contributed by atoms with E-state index in [4.69, 9.17) is 0 Å². The number of aromatic nitrogens is 1. The fourth-order valence-electron chi connectivity index (χ4n) is 2.80. The first-order valence-corrected chi connectivity index (χ1v) is 8.68. The second-order valence-electron chi connectivity index (χ2n) is 7.38. The number of benzene rings is 1. The van der Waals surface area contributed by atoms with Gasteiger partial charge in [0.15, 0.2) is 5.96 Å². The summed E-state index contributed by atoms with van der Waals surface area (Å²) in [4.78, 5) is 21.2. The number of carbonyl (C=O) groups is 1. The van der Waals surface area contributed by atoms with Gasteiger partial charge in [-0.3, -0.25) is 9.79 Å². The Morgan fingerprint density at radius 1 is 1.35 bits per heavy atom. The Labute approximate surface area is 153 Å². The minimum atomic E-state index is -0.264. The van der Waals surface area contributed by atoms with Crippen molar-refractivity contribution in [2.45, 2.75) is 32.7 Å². The van der Waals surface area contributed by atoms with E-state index in [1.165, 1.54) is 6.07 Å². The standard InChI is InChI=1S/C19H28FN5O/c1-19(2,3)24-17(26)12-25(5)18(21-4)22-9-8-13-11-23-16-7-6-14(20)10-15(13)16/h6-7,10-11,23H,8-9,12H2,1-5H3,(H,21,22)(H,24,26). The van der Waals surface area contributed by atoms with Crippen molar-refractivity contribution in [3.05, 3.63) is 35.8 Å². The lowest BCUT2D eigenvalue weighted by atomic mass is 10.1. The maximum absolute atomic E-state index is 13.5. The van der Waals surface area contributed by atoms with Gasteiger partial charge in [0.1, 0.15) is 5.82 Å². The number of H-pyrrole nitrogens is 1. The molecule has 26 heavy (non-hydrogen) atoms. The topological polar surface area (TPSA) is 72.5 Å². The number of carbonyl (C=O) groups excluding carboxylic acids is 1. The molecule has 0 bridgehead atoms. The van der Waals surface area contributed by atoms with Gasteiger partial charge in [0.2, 0.25) is 5.91 Å². The van der Waals surface area contributed by atoms with E-state index in [1.54, 1.807) is 24.1 Å². The molecule has 0 radical (unpaired) electrons. The third kappa shape index (κ3) is 5.47. The number of hydrogen-bond acceptors (Lipinski definition) is 2. The van der Waals surface area contributed by atoms with Crippen molar-refractivity contribution in [3.8, 4) is 0 Å². The molecule has 6 nitrogen and oxygen atoms in total. The molecule has 1 heterocycles. The molecule has 142 valence electrons. The predicted octanol–water partition coefficient (Wildman–Crippen LogP) is 2.27. The highest BCUT2D eigenvalue weighted by molar-refractivity contribution is 5.87. The Kier molecular flexibility index (Phi) is 6.23. The molecular weight excluding hydrogens is 333 g/mol. The Morgan fingerprint density at radius 2 is 2.08 bits per heavy atom. The van der Waals surface area contributed by atoms with Gasteiger partial charge in [0.25, 0.3) is 0 Å². The lowest BCUT2D eigenvalue weighted by molar-refractivity contribution is -0.122. The van der Waals surface area contributed by atoms with Crippen LogP contribution in [0.15, 0.2) is 29.4 Å². The van der Waals surface area contributed by atoms with Crippen LogP contribution in [0.5, 0.6) is 0 Å². The van der Waals surface area contributed by atoms with Crippen LogP contribution in [0, 0.1) is 5.82 Å². The number of aliphatic imine (C=N–C) groups is 1. The van der Waals surface area contributed by atoms with Crippen molar-refractivity contribution in [3.63, 3.8) is 0 Å². The number of nitrogens with one attached hydrogen (secondary N) is 3. The molecule has 2 aromatic rings. The number of hydrogen-bond donors (Lipinski definition) is 3. The van der Waals surface area contributed by atoms with Gasteiger partial charge in [-0.25, -0.2) is 4.39 Å². The molecule has 0 saturated heterocycles. The molecule has 0 aliphatic rings. The van der Waals surface area contributed by atoms with Gasteiger partial charge in [-0.15, -0.1) is 0 Å². The van der Waals surface area contributed by atoms with Gasteiger partial charge in [-0.05, 0) is 51.0 Å². The maximum Gasteiger partial charge on any atom is 0.240 e. The minimum Gasteiger partial charge on any atom is -0.361 e. The van der Waals surface area contributed by atoms with E-state index in [0.717, 1.165) is 16.5 Å². The fourth-order valence-corrected chi connectivity index (χ4v) is 2.80. The molecule has 3 N–H and O–H groups in total. The van der Waals surface area contributed by atoms with Crippen molar-refractivity contribution >= 4 is 22.8 Å². The largest absolute Gasteiger partial charge is 0.361 e. The number of amides is 1. The zero-order chi connectivity index (χ0) is 19.3. The molecule has 1 aromatic carbocycles. The molecule has 0 aliphatic carbocycles. The average molecular weight is 361 g/mol. The summed E-state index contributed by atoms with van der Waals surface area (Å²) >= 11 is 0. The SMILES string of the molecule is CN=C(NCCc1c[nH]c2ccc(F)cc12)N(C)CC(=O)NC(C)(C)C. The van der Waals surface area contributed by atoms with Crippen LogP contribution in [0.1, 0.15) is 26.3 Å². The van der Waals surface area contributed by atoms with Crippen LogP contribution in [0.2, 0.25) is 0 Å². The van der Waals surface area contributed by atoms with Gasteiger partial charge in [-0.2, -0.15) is 0 Å². The fraction of sp³-hybridized carbons (Fsp3) is 0.474. The zero-order valence-corrected chi connectivity index (χ0v) is 16.1. The smallest absolute Gasteiger partial charge is 0.240 e. The molecule has 0 aliphatic heterocycles. The minimum absolute atomic E-state index is 0.0601. The van der Waals surface area contributed by atoms with E-state index in [9.17, 15) is 9.18 Å². The third-order valence-corrected chi connectivity index (χ3v) is 3.88. The molecular formula is C19H28FN5O. The van der Waals surface area contributed by atoms with E-state index in [-0.39, 0.29) is 23.8 Å². The van der Waals surface area contributed by atoms with Crippen LogP contribution in [-0.4, -0.2) is 54.5 Å². The molecule has 0 unspecified atom stereocenters. The van der Waals surface area contributed by atoms with E-state index in [1.807, 2.05) is 34.0 Å². The number of halogens is 1. The van der Waals surface area contributed by atoms with Crippen LogP contribution < -0.4 is 10.6 Å². The summed E-state index contributed by atoms with van der Waals surface area (Å²) in [7, 11) is 3.50. The highest BCUT2D eigenvalue weighted by atomic mass is 19.1. The molecule has 0 saturated carbocycles. The van der Waals surface area contributed by atoms with Crippen LogP contribution in [0.3, 0.4) is 0 Å². The Hall–Kier alpha value is -2.57. The van der Waals surface area contributed by atoms with Crippen molar-refractivity contribution in [2.24, 2.45) is 4.99 Å². The number of aromatic amines is 1. The number of likely N-dealkylation sites (N-methyl/N-ethyl adjacent to an activating group) is 1. The van der Waals surface area contributed by atoms with Crippen LogP contribution in [0.25, 0.3) is 10.9 Å². The first-order chi connectivity index (χ1) is 12.2. The van der Waals surface area contributed by atoms with Gasteiger partial charge in [-0.1, -0.05) is 0 Å². The summed E-state index contributed by atoms with van der Waals surface area (Å²) in [5.74, 6) is 0.335. The molecule has 1 amide bonds. The number of rotatable bonds is 5. The van der Waals surface area contributed by atoms with Crippen LogP contribution in [0.4, 0.5) is 4.39 Å². The first-order valence-electron chi connectivity index (χ1n) is 8.68. The summed E-state index contributed by atoms with van der Waals surface area (Å²) in [5.41, 5.74) is 1.69. The Balaban J connectivity index is 1.90. The van der Waals surface area contributed by atoms with Gasteiger partial charge in [0, 0.05) is 43.3 Å². The highest BCUT2D eigenvalue weighted by Gasteiger charge is 2.16. The Morgan fingerprint density at radius 3 is 2.73 bits per heavy atom. The number of fused-ring (bicyclic) bond motifs is 1. The van der Waals surface area contributed by atoms with Crippen molar-refractivity contribution in [1.29, 1.82) is 0 Å². The molecule has 1 aromatic heterocycles. The lowest BCUT2D eigenvalue weighted by Gasteiger charge is -2.25. The van der Waals surface area contributed by atoms with E-state index >= 15 is 0 Å². The quantitative estimate of drug-likeness (QED) is 0.565. The Bertz CT molecular complexity index is 791. The molecule has 0 atom stereocenters. The second kappa shape index (κ2) is 8.21. The van der Waals surface area contributed by atoms with E-state index in [2.05, 4.69) is 20.6 Å². The van der Waals surface area contributed by atoms with Crippen LogP contribution in [-0.2, 0) is 11.2 Å². The monoisotopic (exact) mass is 361 g/mol. The molecule has 7 heteroatoms. The molecule has 0 spiro atoms. The number of guanidine groups is 1. The summed E-state index contributed by atoms with van der Waals surface area (Å²) in [6.07, 6.45) is 2.61. The summed E-state index contributed by atoms with van der Waals surface area (Å²) in [6.45, 7) is 6.68. The summed E-state index contributed by atoms with van der Waals surface area (Å²) in [6, 6.07) is 4.72. The number of nitrogens with zero attached hydrogens (tertiary/aromatic N) is 2. The average Bonchev–Trinajstić information content (AvgIpc) is 2.91. The van der Waals surface area contributed by atoms with Gasteiger partial charge in [0.05, 0.1) is 6.54 Å². The zero-order valence-electron chi connectivity index (χ0n) is 16.1. The van der Waals surface area contributed by atoms with Gasteiger partial charge >= 0.3 is 0 Å². The molecule has 2 rings (SSSR count). The summed E-state index contributed by atoms with van der Waals surface area (Å²) in [5, 5.41) is 7.06. The maximum atomic E-state index is 13.5. The highest BCUT2D eigenvalue weighted by Crippen LogP contribution is 2.19. The van der Waals surface area contributed by atoms with Crippen molar-refractivity contribution < 1.29 is 9.18 Å². The third-order valence-electron chi connectivity index (χ3n) is 3.88. The van der Waals surface area contributed by atoms with E-state index < -0.39 is 0 Å².